The van der Waals surface area contributed by atoms with E-state index in [4.69, 9.17) is 14.5 Å². The minimum absolute atomic E-state index is 0.101. The number of nitrogens with zero attached hydrogens (tertiary/aromatic N) is 4. The molecule has 3 fully saturated rings. The lowest BCUT2D eigenvalue weighted by Gasteiger charge is -2.39. The molecule has 4 aliphatic rings. The summed E-state index contributed by atoms with van der Waals surface area (Å²) < 4.78 is 11.8. The molecule has 3 aromatic rings. The van der Waals surface area contributed by atoms with E-state index in [-0.39, 0.29) is 30.4 Å². The largest absolute Gasteiger partial charge is 0.444 e. The molecule has 1 aromatic carbocycles. The van der Waals surface area contributed by atoms with Gasteiger partial charge in [-0.3, -0.25) is 0 Å². The number of hydrogen-bond acceptors (Lipinski definition) is 5. The van der Waals surface area contributed by atoms with E-state index in [0.717, 1.165) is 65.4 Å². The van der Waals surface area contributed by atoms with Crippen molar-refractivity contribution < 1.29 is 19.1 Å². The van der Waals surface area contributed by atoms with Gasteiger partial charge in [-0.05, 0) is 99.7 Å². The van der Waals surface area contributed by atoms with Crippen molar-refractivity contribution in [3.63, 3.8) is 0 Å². The molecule has 6 heterocycles. The van der Waals surface area contributed by atoms with Gasteiger partial charge in [0, 0.05) is 56.1 Å². The van der Waals surface area contributed by atoms with Crippen LogP contribution in [0.4, 0.5) is 9.59 Å². The molecular weight excluding hydrogens is 530 g/mol. The highest BCUT2D eigenvalue weighted by atomic mass is 16.6. The van der Waals surface area contributed by atoms with Gasteiger partial charge < -0.3 is 29.2 Å². The Morgan fingerprint density at radius 1 is 1.02 bits per heavy atom. The minimum atomic E-state index is -0.568. The predicted molar refractivity (Wildman–Crippen MR) is 160 cm³/mol. The van der Waals surface area contributed by atoms with E-state index in [9.17, 15) is 9.59 Å². The predicted octanol–water partition coefficient (Wildman–Crippen LogP) is 5.95. The summed E-state index contributed by atoms with van der Waals surface area (Å²) in [7, 11) is 0. The number of rotatable bonds is 2. The maximum Gasteiger partial charge on any atom is 0.410 e. The van der Waals surface area contributed by atoms with Crippen LogP contribution in [0.5, 0.6) is 0 Å². The molecule has 222 valence electrons. The third-order valence-electron chi connectivity index (χ3n) is 9.27. The molecule has 42 heavy (non-hydrogen) atoms. The molecule has 7 rings (SSSR count). The Morgan fingerprint density at radius 2 is 1.81 bits per heavy atom. The first kappa shape index (κ1) is 27.3. The van der Waals surface area contributed by atoms with Crippen molar-refractivity contribution >= 4 is 23.2 Å². The van der Waals surface area contributed by atoms with E-state index in [0.29, 0.717) is 32.7 Å². The van der Waals surface area contributed by atoms with Crippen LogP contribution in [-0.4, -0.2) is 80.8 Å². The van der Waals surface area contributed by atoms with E-state index >= 15 is 0 Å². The number of ether oxygens (including phenoxy) is 2. The number of aromatic amines is 1. The summed E-state index contributed by atoms with van der Waals surface area (Å²) in [5, 5.41) is 1.11. The van der Waals surface area contributed by atoms with Crippen molar-refractivity contribution in [1.29, 1.82) is 0 Å². The number of carbonyl (C=O) groups is 2. The average Bonchev–Trinajstić information content (AvgIpc) is 3.69. The summed E-state index contributed by atoms with van der Waals surface area (Å²) in [6, 6.07) is 6.70. The fourth-order valence-corrected chi connectivity index (χ4v) is 7.22. The van der Waals surface area contributed by atoms with E-state index in [1.165, 1.54) is 11.1 Å². The van der Waals surface area contributed by atoms with Crippen molar-refractivity contribution in [1.82, 2.24) is 24.7 Å². The number of urea groups is 1. The zero-order valence-electron chi connectivity index (χ0n) is 25.1. The van der Waals surface area contributed by atoms with Crippen molar-refractivity contribution in [2.75, 3.05) is 26.2 Å². The minimum Gasteiger partial charge on any atom is -0.444 e. The molecule has 0 aliphatic carbocycles. The van der Waals surface area contributed by atoms with Crippen LogP contribution in [0.3, 0.4) is 0 Å². The molecule has 3 saturated heterocycles. The summed E-state index contributed by atoms with van der Waals surface area (Å²) in [4.78, 5) is 41.0. The van der Waals surface area contributed by atoms with Gasteiger partial charge in [0.2, 0.25) is 0 Å². The van der Waals surface area contributed by atoms with Gasteiger partial charge in [0.15, 0.2) is 0 Å². The van der Waals surface area contributed by atoms with Gasteiger partial charge in [0.05, 0.1) is 18.2 Å². The number of aromatic nitrogens is 2. The number of H-pyrrole nitrogens is 1. The molecule has 0 spiro atoms. The van der Waals surface area contributed by atoms with Gasteiger partial charge in [-0.2, -0.15) is 0 Å². The zero-order valence-corrected chi connectivity index (χ0v) is 25.1. The monoisotopic (exact) mass is 571 g/mol. The first-order valence-electron chi connectivity index (χ1n) is 15.4. The topological polar surface area (TPSA) is 91.0 Å². The maximum atomic E-state index is 13.8. The quantitative estimate of drug-likeness (QED) is 0.410. The number of hydrogen-bond donors (Lipinski definition) is 1. The molecule has 0 radical (unpaired) electrons. The van der Waals surface area contributed by atoms with Gasteiger partial charge >= 0.3 is 12.1 Å². The molecule has 3 atom stereocenters. The number of likely N-dealkylation sites (tertiary alicyclic amines) is 2. The van der Waals surface area contributed by atoms with Crippen LogP contribution in [-0.2, 0) is 22.4 Å². The SMILES string of the molecule is Cc1c[nH]c2ncc(-c3cc4c(c([C@@H]5CCCN5C(=O)OC(C)(C)C)c3)CN(C(=O)N3CC5CCC(C3)O5)CC4)cc12. The fourth-order valence-electron chi connectivity index (χ4n) is 7.22. The summed E-state index contributed by atoms with van der Waals surface area (Å²) in [5.74, 6) is 0. The Bertz CT molecular complexity index is 1530. The Hall–Kier alpha value is -3.59. The normalized spacial score (nSPS) is 23.9. The van der Waals surface area contributed by atoms with Crippen molar-refractivity contribution in [3.8, 4) is 11.1 Å². The standard InChI is InChI=1S/C33H41N5O4/c1-20-15-34-30-26(20)14-23(16-35-30)22-12-21-9-11-36(31(39)37-17-24-7-8-25(18-37)41-24)19-28(21)27(13-22)29-6-5-10-38(29)32(40)42-33(2,3)4/h12-16,24-25,29H,5-11,17-19H2,1-4H3,(H,34,35)/t24?,25?,29-/m0/s1. The van der Waals surface area contributed by atoms with Crippen LogP contribution in [0.25, 0.3) is 22.2 Å². The Labute approximate surface area is 247 Å². The number of benzene rings is 1. The van der Waals surface area contributed by atoms with Gasteiger partial charge in [0.1, 0.15) is 11.2 Å². The Kier molecular flexibility index (Phi) is 6.68. The van der Waals surface area contributed by atoms with Crippen LogP contribution >= 0.6 is 0 Å². The number of amides is 3. The lowest BCUT2D eigenvalue weighted by atomic mass is 9.87. The molecule has 1 N–H and O–H groups in total. The molecule has 2 unspecified atom stereocenters. The highest BCUT2D eigenvalue weighted by molar-refractivity contribution is 5.85. The second-order valence-electron chi connectivity index (χ2n) is 13.4. The van der Waals surface area contributed by atoms with Crippen LogP contribution in [0, 0.1) is 6.92 Å². The summed E-state index contributed by atoms with van der Waals surface area (Å²) in [6.07, 6.45) is 8.60. The molecule has 9 heteroatoms. The highest BCUT2D eigenvalue weighted by Crippen LogP contribution is 2.41. The third kappa shape index (κ3) is 5.02. The van der Waals surface area contributed by atoms with E-state index in [1.807, 2.05) is 47.9 Å². The lowest BCUT2D eigenvalue weighted by molar-refractivity contribution is -0.0291. The summed E-state index contributed by atoms with van der Waals surface area (Å²) >= 11 is 0. The number of pyridine rings is 1. The van der Waals surface area contributed by atoms with Crippen LogP contribution in [0.15, 0.2) is 30.6 Å². The first-order chi connectivity index (χ1) is 20.1. The van der Waals surface area contributed by atoms with Gasteiger partial charge in [-0.1, -0.05) is 6.07 Å². The summed E-state index contributed by atoms with van der Waals surface area (Å²) in [5.41, 5.74) is 7.16. The van der Waals surface area contributed by atoms with Gasteiger partial charge in [0.25, 0.3) is 0 Å². The Balaban J connectivity index is 1.26. The number of morpholine rings is 1. The molecular formula is C33H41N5O4. The first-order valence-corrected chi connectivity index (χ1v) is 15.4. The smallest absolute Gasteiger partial charge is 0.410 e. The summed E-state index contributed by atoms with van der Waals surface area (Å²) in [6.45, 7) is 11.0. The molecule has 9 nitrogen and oxygen atoms in total. The highest BCUT2D eigenvalue weighted by Gasteiger charge is 2.39. The lowest BCUT2D eigenvalue weighted by Crippen LogP contribution is -2.52. The van der Waals surface area contributed by atoms with E-state index in [2.05, 4.69) is 30.1 Å². The van der Waals surface area contributed by atoms with Crippen molar-refractivity contribution in [3.05, 3.63) is 52.8 Å². The van der Waals surface area contributed by atoms with E-state index in [1.54, 1.807) is 0 Å². The van der Waals surface area contributed by atoms with Crippen molar-refractivity contribution in [2.45, 2.75) is 90.2 Å². The fraction of sp³-hybridized carbons (Fsp3) is 0.545. The second-order valence-corrected chi connectivity index (χ2v) is 13.4. The molecule has 4 aliphatic heterocycles. The molecule has 0 saturated carbocycles. The Morgan fingerprint density at radius 3 is 2.57 bits per heavy atom. The molecule has 3 amide bonds. The number of nitrogens with one attached hydrogen (secondary N) is 1. The third-order valence-corrected chi connectivity index (χ3v) is 9.27. The van der Waals surface area contributed by atoms with Crippen LogP contribution in [0.2, 0.25) is 0 Å². The molecule has 2 bridgehead atoms. The zero-order chi connectivity index (χ0) is 29.2. The average molecular weight is 572 g/mol. The van der Waals surface area contributed by atoms with Crippen LogP contribution in [0.1, 0.15) is 74.8 Å². The number of carbonyl (C=O) groups excluding carboxylic acids is 2. The van der Waals surface area contributed by atoms with E-state index < -0.39 is 5.60 Å². The second kappa shape index (κ2) is 10.3. The maximum absolute atomic E-state index is 13.8. The number of aryl methyl sites for hydroxylation is 1. The van der Waals surface area contributed by atoms with Gasteiger partial charge in [-0.15, -0.1) is 0 Å². The van der Waals surface area contributed by atoms with Crippen LogP contribution < -0.4 is 0 Å². The number of fused-ring (bicyclic) bond motifs is 4. The van der Waals surface area contributed by atoms with Gasteiger partial charge in [-0.25, -0.2) is 14.6 Å². The molecule has 2 aromatic heterocycles. The van der Waals surface area contributed by atoms with Crippen molar-refractivity contribution in [2.24, 2.45) is 0 Å².